The second kappa shape index (κ2) is 5.23. The molecule has 94 valence electrons. The lowest BCUT2D eigenvalue weighted by atomic mass is 10.2. The molecule has 0 fully saturated rings. The smallest absolute Gasteiger partial charge is 0.124 e. The van der Waals surface area contributed by atoms with Gasteiger partial charge in [0.25, 0.3) is 0 Å². The molecular weight excluding hydrogens is 238 g/mol. The topological polar surface area (TPSA) is 47.7 Å². The van der Waals surface area contributed by atoms with Crippen molar-refractivity contribution in [3.63, 3.8) is 0 Å². The zero-order valence-electron chi connectivity index (χ0n) is 10.6. The highest BCUT2D eigenvalue weighted by atomic mass is 35.5. The molecule has 2 aromatic heterocycles. The molecule has 2 aromatic rings. The van der Waals surface area contributed by atoms with E-state index in [9.17, 15) is 0 Å². The Morgan fingerprint density at radius 1 is 1.24 bits per heavy atom. The molecule has 0 spiro atoms. The van der Waals surface area contributed by atoms with Crippen molar-refractivity contribution in [1.82, 2.24) is 19.6 Å². The predicted molar refractivity (Wildman–Crippen MR) is 70.5 cm³/mol. The maximum absolute atomic E-state index is 4.28. The summed E-state index contributed by atoms with van der Waals surface area (Å²) in [6.07, 6.45) is 1.89. The molecular formula is C11H18ClN5. The summed E-state index contributed by atoms with van der Waals surface area (Å²) in [6.45, 7) is 4.83. The number of rotatable bonds is 3. The average Bonchev–Trinajstić information content (AvgIpc) is 2.70. The average molecular weight is 256 g/mol. The zero-order chi connectivity index (χ0) is 11.7. The van der Waals surface area contributed by atoms with Gasteiger partial charge in [0.1, 0.15) is 5.82 Å². The first-order chi connectivity index (χ1) is 7.58. The summed E-state index contributed by atoms with van der Waals surface area (Å²) >= 11 is 0. The van der Waals surface area contributed by atoms with Crippen LogP contribution < -0.4 is 5.32 Å². The highest BCUT2D eigenvalue weighted by Gasteiger charge is 2.05. The first kappa shape index (κ1) is 13.6. The van der Waals surface area contributed by atoms with Crippen LogP contribution in [0.5, 0.6) is 0 Å². The van der Waals surface area contributed by atoms with Crippen molar-refractivity contribution in [2.75, 3.05) is 5.32 Å². The van der Waals surface area contributed by atoms with E-state index < -0.39 is 0 Å². The number of nitrogens with zero attached hydrogens (tertiary/aromatic N) is 4. The van der Waals surface area contributed by atoms with E-state index in [0.717, 1.165) is 18.1 Å². The molecule has 0 unspecified atom stereocenters. The minimum atomic E-state index is 0. The van der Waals surface area contributed by atoms with Crippen LogP contribution in [0.4, 0.5) is 5.82 Å². The molecule has 0 aliphatic carbocycles. The third-order valence-corrected chi connectivity index (χ3v) is 2.80. The van der Waals surface area contributed by atoms with E-state index in [1.54, 1.807) is 0 Å². The Morgan fingerprint density at radius 3 is 2.41 bits per heavy atom. The van der Waals surface area contributed by atoms with Crippen LogP contribution in [-0.2, 0) is 20.6 Å². The second-order valence-corrected chi connectivity index (χ2v) is 4.03. The molecule has 0 aliphatic heterocycles. The van der Waals surface area contributed by atoms with Gasteiger partial charge in [-0.05, 0) is 13.8 Å². The predicted octanol–water partition coefficient (Wildman–Crippen LogP) is 1.80. The number of anilines is 1. The Kier molecular flexibility index (Phi) is 4.17. The first-order valence-corrected chi connectivity index (χ1v) is 5.30. The highest BCUT2D eigenvalue weighted by Crippen LogP contribution is 2.11. The zero-order valence-corrected chi connectivity index (χ0v) is 11.4. The first-order valence-electron chi connectivity index (χ1n) is 5.30. The molecule has 0 amide bonds. The lowest BCUT2D eigenvalue weighted by molar-refractivity contribution is 0.737. The normalized spacial score (nSPS) is 10.1. The largest absolute Gasteiger partial charge is 0.366 e. The summed E-state index contributed by atoms with van der Waals surface area (Å²) < 4.78 is 3.73. The van der Waals surface area contributed by atoms with Gasteiger partial charge in [-0.2, -0.15) is 10.2 Å². The molecule has 6 heteroatoms. The van der Waals surface area contributed by atoms with E-state index in [0.29, 0.717) is 0 Å². The van der Waals surface area contributed by atoms with Gasteiger partial charge in [-0.15, -0.1) is 12.4 Å². The van der Waals surface area contributed by atoms with Gasteiger partial charge in [-0.3, -0.25) is 9.36 Å². The molecule has 0 radical (unpaired) electrons. The van der Waals surface area contributed by atoms with Crippen LogP contribution in [0, 0.1) is 13.8 Å². The Morgan fingerprint density at radius 2 is 1.94 bits per heavy atom. The Labute approximate surface area is 107 Å². The van der Waals surface area contributed by atoms with E-state index in [2.05, 4.69) is 22.4 Å². The molecule has 0 bridgehead atoms. The van der Waals surface area contributed by atoms with Crippen LogP contribution >= 0.6 is 12.4 Å². The van der Waals surface area contributed by atoms with Crippen molar-refractivity contribution in [2.24, 2.45) is 14.1 Å². The summed E-state index contributed by atoms with van der Waals surface area (Å²) in [7, 11) is 3.89. The van der Waals surface area contributed by atoms with Gasteiger partial charge >= 0.3 is 0 Å². The second-order valence-electron chi connectivity index (χ2n) is 4.03. The third kappa shape index (κ3) is 2.79. The summed E-state index contributed by atoms with van der Waals surface area (Å²) in [4.78, 5) is 0. The van der Waals surface area contributed by atoms with Crippen LogP contribution in [0.25, 0.3) is 0 Å². The van der Waals surface area contributed by atoms with E-state index in [4.69, 9.17) is 0 Å². The maximum atomic E-state index is 4.28. The molecule has 5 nitrogen and oxygen atoms in total. The summed E-state index contributed by atoms with van der Waals surface area (Å²) in [5.41, 5.74) is 3.42. The third-order valence-electron chi connectivity index (χ3n) is 2.80. The Bertz CT molecular complexity index is 498. The Hall–Kier alpha value is -1.49. The molecule has 0 saturated carbocycles. The van der Waals surface area contributed by atoms with E-state index in [-0.39, 0.29) is 12.4 Å². The summed E-state index contributed by atoms with van der Waals surface area (Å²) in [5, 5.41) is 11.8. The molecule has 0 atom stereocenters. The highest BCUT2D eigenvalue weighted by molar-refractivity contribution is 5.85. The molecule has 0 aliphatic rings. The monoisotopic (exact) mass is 255 g/mol. The van der Waals surface area contributed by atoms with Crippen LogP contribution in [0.2, 0.25) is 0 Å². The van der Waals surface area contributed by atoms with Crippen LogP contribution in [0.15, 0.2) is 12.3 Å². The number of hydrogen-bond donors (Lipinski definition) is 1. The number of aryl methyl sites for hydroxylation is 3. The molecule has 2 heterocycles. The van der Waals surface area contributed by atoms with Crippen molar-refractivity contribution < 1.29 is 0 Å². The number of hydrogen-bond acceptors (Lipinski definition) is 3. The Balaban J connectivity index is 0.00000144. The van der Waals surface area contributed by atoms with Crippen LogP contribution in [0.3, 0.4) is 0 Å². The standard InChI is InChI=1S/C11H17N5.ClH/c1-8-5-11(16(4)14-8)12-6-10-7-13-15(3)9(10)2;/h5,7,12H,6H2,1-4H3;1H. The van der Waals surface area contributed by atoms with Gasteiger partial charge < -0.3 is 5.32 Å². The fraction of sp³-hybridized carbons (Fsp3) is 0.455. The quantitative estimate of drug-likeness (QED) is 0.910. The van der Waals surface area contributed by atoms with Crippen molar-refractivity contribution in [1.29, 1.82) is 0 Å². The molecule has 0 aromatic carbocycles. The van der Waals surface area contributed by atoms with Crippen LogP contribution in [0.1, 0.15) is 17.0 Å². The van der Waals surface area contributed by atoms with Gasteiger partial charge in [-0.1, -0.05) is 0 Å². The fourth-order valence-electron chi connectivity index (χ4n) is 1.68. The minimum absolute atomic E-state index is 0. The number of nitrogens with one attached hydrogen (secondary N) is 1. The molecule has 17 heavy (non-hydrogen) atoms. The molecule has 0 saturated heterocycles. The molecule has 2 rings (SSSR count). The van der Waals surface area contributed by atoms with Gasteiger partial charge in [0.05, 0.1) is 11.9 Å². The molecule has 1 N–H and O–H groups in total. The maximum Gasteiger partial charge on any atom is 0.124 e. The number of aromatic nitrogens is 4. The van der Waals surface area contributed by atoms with Crippen molar-refractivity contribution in [3.05, 3.63) is 29.2 Å². The van der Waals surface area contributed by atoms with E-state index >= 15 is 0 Å². The minimum Gasteiger partial charge on any atom is -0.366 e. The van der Waals surface area contributed by atoms with Crippen molar-refractivity contribution in [2.45, 2.75) is 20.4 Å². The summed E-state index contributed by atoms with van der Waals surface area (Å²) in [6, 6.07) is 2.03. The fourth-order valence-corrected chi connectivity index (χ4v) is 1.68. The lowest BCUT2D eigenvalue weighted by Gasteiger charge is -2.05. The van der Waals surface area contributed by atoms with Gasteiger partial charge in [-0.25, -0.2) is 0 Å². The van der Waals surface area contributed by atoms with Gasteiger partial charge in [0.2, 0.25) is 0 Å². The summed E-state index contributed by atoms with van der Waals surface area (Å²) in [5.74, 6) is 1.03. The van der Waals surface area contributed by atoms with E-state index in [1.807, 2.05) is 42.6 Å². The van der Waals surface area contributed by atoms with Crippen LogP contribution in [-0.4, -0.2) is 19.6 Å². The van der Waals surface area contributed by atoms with Gasteiger partial charge in [0, 0.05) is 38.0 Å². The van der Waals surface area contributed by atoms with Gasteiger partial charge in [0.15, 0.2) is 0 Å². The van der Waals surface area contributed by atoms with Crippen molar-refractivity contribution in [3.8, 4) is 0 Å². The lowest BCUT2D eigenvalue weighted by Crippen LogP contribution is -2.05. The SMILES string of the molecule is Cc1cc(NCc2cnn(C)c2C)n(C)n1.Cl. The van der Waals surface area contributed by atoms with Crippen molar-refractivity contribution >= 4 is 18.2 Å². The van der Waals surface area contributed by atoms with E-state index in [1.165, 1.54) is 11.3 Å². The number of halogens is 1.